The number of aromatic nitrogens is 1. The van der Waals surface area contributed by atoms with Crippen LogP contribution in [0.1, 0.15) is 47.2 Å². The molecule has 13 rings (SSSR count). The van der Waals surface area contributed by atoms with Crippen molar-refractivity contribution in [2.45, 2.75) is 24.7 Å². The Morgan fingerprint density at radius 3 is 1.61 bits per heavy atom. The molecular weight excluding hydrogens is 797 g/mol. The third-order valence-electron chi connectivity index (χ3n) is 14.7. The lowest BCUT2D eigenvalue weighted by atomic mass is 9.68. The standard InChI is InChI=1S/C64H46N2/c1-63(2)55-29-13-9-25-50(55)54-42-49(39-40-56(54)63)65(47-37-35-43(36-38-47)44-19-17-24-48(41-44)66-59-32-15-11-26-51(59)52-27-12-16-33-60(52)66)61-34-18-31-58-62(61)53-28-10-14-30-57(53)64(58,45-20-5-3-6-21-45)46-22-7-4-8-23-46/h3-42H,1-2H3. The van der Waals surface area contributed by atoms with Crippen LogP contribution in [0.2, 0.25) is 0 Å². The van der Waals surface area contributed by atoms with Crippen molar-refractivity contribution >= 4 is 38.9 Å². The van der Waals surface area contributed by atoms with E-state index in [0.29, 0.717) is 0 Å². The third-order valence-corrected chi connectivity index (χ3v) is 14.7. The van der Waals surface area contributed by atoms with Gasteiger partial charge in [0.2, 0.25) is 0 Å². The fourth-order valence-electron chi connectivity index (χ4n) is 11.8. The van der Waals surface area contributed by atoms with Crippen LogP contribution < -0.4 is 4.90 Å². The number of fused-ring (bicyclic) bond motifs is 9. The van der Waals surface area contributed by atoms with Crippen molar-refractivity contribution in [3.05, 3.63) is 276 Å². The molecule has 0 radical (unpaired) electrons. The van der Waals surface area contributed by atoms with Gasteiger partial charge in [-0.15, -0.1) is 0 Å². The van der Waals surface area contributed by atoms with E-state index in [-0.39, 0.29) is 5.41 Å². The Morgan fingerprint density at radius 2 is 0.909 bits per heavy atom. The summed E-state index contributed by atoms with van der Waals surface area (Å²) in [4.78, 5) is 2.51. The van der Waals surface area contributed by atoms with E-state index in [2.05, 4.69) is 266 Å². The summed E-state index contributed by atoms with van der Waals surface area (Å²) in [7, 11) is 0. The number of benzene rings is 10. The van der Waals surface area contributed by atoms with Crippen LogP contribution in [-0.2, 0) is 10.8 Å². The van der Waals surface area contributed by atoms with E-state index < -0.39 is 5.41 Å². The Morgan fingerprint density at radius 1 is 0.364 bits per heavy atom. The molecule has 0 bridgehead atoms. The van der Waals surface area contributed by atoms with E-state index in [1.165, 1.54) is 88.6 Å². The van der Waals surface area contributed by atoms with E-state index in [9.17, 15) is 0 Å². The van der Waals surface area contributed by atoms with Crippen LogP contribution in [0.4, 0.5) is 17.1 Å². The Balaban J connectivity index is 1.01. The van der Waals surface area contributed by atoms with E-state index in [0.717, 1.165) is 22.7 Å². The van der Waals surface area contributed by atoms with Crippen molar-refractivity contribution < 1.29 is 0 Å². The zero-order valence-corrected chi connectivity index (χ0v) is 37.0. The number of para-hydroxylation sites is 2. The van der Waals surface area contributed by atoms with Gasteiger partial charge in [-0.05, 0) is 116 Å². The van der Waals surface area contributed by atoms with Crippen molar-refractivity contribution in [3.63, 3.8) is 0 Å². The average molecular weight is 843 g/mol. The highest BCUT2D eigenvalue weighted by atomic mass is 15.1. The first-order chi connectivity index (χ1) is 32.5. The molecule has 0 fully saturated rings. The molecule has 1 heterocycles. The first kappa shape index (κ1) is 38.3. The first-order valence-corrected chi connectivity index (χ1v) is 23.1. The molecule has 1 aromatic heterocycles. The number of hydrogen-bond acceptors (Lipinski definition) is 1. The summed E-state index contributed by atoms with van der Waals surface area (Å²) >= 11 is 0. The summed E-state index contributed by atoms with van der Waals surface area (Å²) in [6.45, 7) is 4.72. The van der Waals surface area contributed by atoms with E-state index in [1.54, 1.807) is 0 Å². The zero-order chi connectivity index (χ0) is 44.0. The second-order valence-corrected chi connectivity index (χ2v) is 18.4. The molecule has 0 aliphatic heterocycles. The molecule has 2 heteroatoms. The van der Waals surface area contributed by atoms with Gasteiger partial charge < -0.3 is 9.47 Å². The Labute approximate surface area is 386 Å². The molecule has 2 aliphatic rings. The maximum absolute atomic E-state index is 2.51. The second kappa shape index (κ2) is 14.7. The highest BCUT2D eigenvalue weighted by Gasteiger charge is 2.47. The largest absolute Gasteiger partial charge is 0.310 e. The van der Waals surface area contributed by atoms with Gasteiger partial charge in [0.05, 0.1) is 22.1 Å². The van der Waals surface area contributed by atoms with Crippen LogP contribution in [0.5, 0.6) is 0 Å². The molecule has 0 atom stereocenters. The SMILES string of the molecule is CC1(C)c2ccccc2-c2cc(N(c3ccc(-c4cccc(-n5c6ccccc6c6ccccc65)c4)cc3)c3cccc4c3-c3ccccc3C4(c3ccccc3)c3ccccc3)ccc21. The summed E-state index contributed by atoms with van der Waals surface area (Å²) in [6, 6.07) is 90.0. The van der Waals surface area contributed by atoms with E-state index in [1.807, 2.05) is 0 Å². The summed E-state index contributed by atoms with van der Waals surface area (Å²) in [6.07, 6.45) is 0. The predicted molar refractivity (Wildman–Crippen MR) is 276 cm³/mol. The maximum atomic E-state index is 2.51. The third kappa shape index (κ3) is 5.48. The lowest BCUT2D eigenvalue weighted by Gasteiger charge is -2.34. The van der Waals surface area contributed by atoms with Gasteiger partial charge >= 0.3 is 0 Å². The van der Waals surface area contributed by atoms with Gasteiger partial charge in [0.15, 0.2) is 0 Å². The molecule has 0 saturated carbocycles. The van der Waals surface area contributed by atoms with Crippen LogP contribution >= 0.6 is 0 Å². The van der Waals surface area contributed by atoms with Crippen molar-refractivity contribution in [2.75, 3.05) is 4.90 Å². The molecule has 0 N–H and O–H groups in total. The molecule has 66 heavy (non-hydrogen) atoms. The van der Waals surface area contributed by atoms with Crippen LogP contribution in [0.25, 0.3) is 60.9 Å². The molecule has 10 aromatic carbocycles. The minimum absolute atomic E-state index is 0.0946. The van der Waals surface area contributed by atoms with Gasteiger partial charge in [-0.25, -0.2) is 0 Å². The molecule has 2 aliphatic carbocycles. The summed E-state index contributed by atoms with van der Waals surface area (Å²) < 4.78 is 2.40. The summed E-state index contributed by atoms with van der Waals surface area (Å²) in [5.74, 6) is 0. The van der Waals surface area contributed by atoms with Gasteiger partial charge in [0, 0.05) is 38.8 Å². The van der Waals surface area contributed by atoms with Gasteiger partial charge in [-0.1, -0.05) is 202 Å². The quantitative estimate of drug-likeness (QED) is 0.155. The van der Waals surface area contributed by atoms with Crippen molar-refractivity contribution in [3.8, 4) is 39.1 Å². The van der Waals surface area contributed by atoms with Crippen molar-refractivity contribution in [2.24, 2.45) is 0 Å². The lowest BCUT2D eigenvalue weighted by molar-refractivity contribution is 0.660. The highest BCUT2D eigenvalue weighted by Crippen LogP contribution is 2.60. The number of anilines is 3. The van der Waals surface area contributed by atoms with Gasteiger partial charge in [0.1, 0.15) is 0 Å². The fourth-order valence-corrected chi connectivity index (χ4v) is 11.8. The smallest absolute Gasteiger partial charge is 0.0714 e. The molecule has 11 aromatic rings. The molecular formula is C64H46N2. The molecule has 0 saturated heterocycles. The number of nitrogens with zero attached hydrogens (tertiary/aromatic N) is 2. The van der Waals surface area contributed by atoms with Crippen LogP contribution in [0.3, 0.4) is 0 Å². The minimum Gasteiger partial charge on any atom is -0.310 e. The Kier molecular flexibility index (Phi) is 8.51. The second-order valence-electron chi connectivity index (χ2n) is 18.4. The average Bonchev–Trinajstić information content (AvgIpc) is 3.96. The number of rotatable bonds is 7. The maximum Gasteiger partial charge on any atom is 0.0714 e. The topological polar surface area (TPSA) is 8.17 Å². The molecule has 0 spiro atoms. The molecule has 312 valence electrons. The summed E-state index contributed by atoms with van der Waals surface area (Å²) in [5.41, 5.74) is 21.7. The lowest BCUT2D eigenvalue weighted by Crippen LogP contribution is -2.28. The zero-order valence-electron chi connectivity index (χ0n) is 37.0. The van der Waals surface area contributed by atoms with Crippen LogP contribution in [-0.4, -0.2) is 4.57 Å². The normalized spacial score (nSPS) is 13.8. The van der Waals surface area contributed by atoms with Gasteiger partial charge in [0.25, 0.3) is 0 Å². The fraction of sp³-hybridized carbons (Fsp3) is 0.0625. The first-order valence-electron chi connectivity index (χ1n) is 23.1. The Bertz CT molecular complexity index is 3580. The molecule has 2 nitrogen and oxygen atoms in total. The number of hydrogen-bond donors (Lipinski definition) is 0. The molecule has 0 unspecified atom stereocenters. The molecule has 0 amide bonds. The summed E-state index contributed by atoms with van der Waals surface area (Å²) in [5, 5.41) is 2.53. The van der Waals surface area contributed by atoms with Gasteiger partial charge in [-0.2, -0.15) is 0 Å². The predicted octanol–water partition coefficient (Wildman–Crippen LogP) is 16.6. The highest BCUT2D eigenvalue weighted by molar-refractivity contribution is 6.09. The van der Waals surface area contributed by atoms with Crippen LogP contribution in [0.15, 0.2) is 243 Å². The van der Waals surface area contributed by atoms with Crippen molar-refractivity contribution in [1.29, 1.82) is 0 Å². The van der Waals surface area contributed by atoms with Gasteiger partial charge in [-0.3, -0.25) is 0 Å². The van der Waals surface area contributed by atoms with E-state index in [4.69, 9.17) is 0 Å². The minimum atomic E-state index is -0.512. The van der Waals surface area contributed by atoms with E-state index >= 15 is 0 Å². The van der Waals surface area contributed by atoms with Crippen molar-refractivity contribution in [1.82, 2.24) is 4.57 Å². The Hall–Kier alpha value is -8.20. The van der Waals surface area contributed by atoms with Crippen LogP contribution in [0, 0.1) is 0 Å². The monoisotopic (exact) mass is 842 g/mol.